The van der Waals surface area contributed by atoms with Gasteiger partial charge in [-0.3, -0.25) is 0 Å². The van der Waals surface area contributed by atoms with Gasteiger partial charge < -0.3 is 5.73 Å². The van der Waals surface area contributed by atoms with E-state index in [0.29, 0.717) is 6.04 Å². The van der Waals surface area contributed by atoms with Crippen LogP contribution in [0.4, 0.5) is 0 Å². The molecule has 0 bridgehead atoms. The van der Waals surface area contributed by atoms with Gasteiger partial charge in [0.25, 0.3) is 0 Å². The van der Waals surface area contributed by atoms with E-state index in [1.54, 1.807) is 0 Å². The maximum absolute atomic E-state index is 5.52. The highest BCUT2D eigenvalue weighted by Gasteiger charge is 2.21. The fourth-order valence-corrected chi connectivity index (χ4v) is 0.692. The second-order valence-electron chi connectivity index (χ2n) is 2.22. The molecule has 1 fully saturated rings. The van der Waals surface area contributed by atoms with E-state index in [-0.39, 0.29) is 12.4 Å². The van der Waals surface area contributed by atoms with Gasteiger partial charge in [-0.05, 0) is 18.8 Å². The second-order valence-corrected chi connectivity index (χ2v) is 2.22. The highest BCUT2D eigenvalue weighted by atomic mass is 35.5. The molecule has 0 aliphatic heterocycles. The molecular formula is C5H12ClN. The van der Waals surface area contributed by atoms with E-state index >= 15 is 0 Å². The Hall–Kier alpha value is 0.250. The topological polar surface area (TPSA) is 26.0 Å². The number of nitrogens with two attached hydrogens (primary N) is 1. The molecular weight excluding hydrogens is 110 g/mol. The van der Waals surface area contributed by atoms with Crippen LogP contribution in [0.1, 0.15) is 19.8 Å². The summed E-state index contributed by atoms with van der Waals surface area (Å²) in [6, 6.07) is 0.532. The van der Waals surface area contributed by atoms with Gasteiger partial charge in [0.05, 0.1) is 0 Å². The van der Waals surface area contributed by atoms with Crippen molar-refractivity contribution in [3.8, 4) is 0 Å². The lowest BCUT2D eigenvalue weighted by atomic mass is 9.82. The summed E-state index contributed by atoms with van der Waals surface area (Å²) in [6.45, 7) is 2.20. The molecule has 1 saturated carbocycles. The molecule has 0 spiro atoms. The van der Waals surface area contributed by atoms with E-state index in [0.717, 1.165) is 5.92 Å². The summed E-state index contributed by atoms with van der Waals surface area (Å²) in [4.78, 5) is 0. The van der Waals surface area contributed by atoms with Crippen LogP contribution in [0.25, 0.3) is 0 Å². The third kappa shape index (κ3) is 1.32. The molecule has 0 aromatic carbocycles. The van der Waals surface area contributed by atoms with Gasteiger partial charge >= 0.3 is 0 Å². The van der Waals surface area contributed by atoms with Crippen LogP contribution in [0.5, 0.6) is 0 Å². The molecule has 1 aliphatic rings. The molecule has 0 unspecified atom stereocenters. The predicted octanol–water partition coefficient (Wildman–Crippen LogP) is 1.17. The van der Waals surface area contributed by atoms with Gasteiger partial charge in [0.1, 0.15) is 0 Å². The fourth-order valence-electron chi connectivity index (χ4n) is 0.692. The van der Waals surface area contributed by atoms with Crippen LogP contribution in [0.2, 0.25) is 0 Å². The lowest BCUT2D eigenvalue weighted by Gasteiger charge is -2.29. The minimum atomic E-state index is 0. The largest absolute Gasteiger partial charge is 0.327 e. The fraction of sp³-hybridized carbons (Fsp3) is 1.00. The lowest BCUT2D eigenvalue weighted by molar-refractivity contribution is 0.282. The van der Waals surface area contributed by atoms with Crippen molar-refractivity contribution in [3.63, 3.8) is 0 Å². The van der Waals surface area contributed by atoms with Crippen LogP contribution in [-0.4, -0.2) is 6.04 Å². The van der Waals surface area contributed by atoms with Gasteiger partial charge in [-0.25, -0.2) is 0 Å². The molecule has 1 aliphatic carbocycles. The van der Waals surface area contributed by atoms with Crippen molar-refractivity contribution in [1.82, 2.24) is 0 Å². The molecule has 0 radical (unpaired) electrons. The third-order valence-electron chi connectivity index (χ3n) is 1.69. The van der Waals surface area contributed by atoms with Crippen molar-refractivity contribution in [1.29, 1.82) is 0 Å². The summed E-state index contributed by atoms with van der Waals surface area (Å²) in [5.74, 6) is 0.810. The highest BCUT2D eigenvalue weighted by molar-refractivity contribution is 5.85. The molecule has 44 valence electrons. The average molecular weight is 122 g/mol. The molecule has 0 aromatic heterocycles. The quantitative estimate of drug-likeness (QED) is 0.512. The first-order valence-corrected chi connectivity index (χ1v) is 2.56. The molecule has 1 nitrogen and oxygen atoms in total. The average Bonchev–Trinajstić information content (AvgIpc) is 1.61. The first-order chi connectivity index (χ1) is 2.80. The van der Waals surface area contributed by atoms with E-state index in [4.69, 9.17) is 5.73 Å². The first-order valence-electron chi connectivity index (χ1n) is 2.56. The van der Waals surface area contributed by atoms with Crippen molar-refractivity contribution in [3.05, 3.63) is 0 Å². The Morgan fingerprint density at radius 2 is 1.86 bits per heavy atom. The smallest absolute Gasteiger partial charge is 0.00646 e. The SMILES string of the molecule is C[C@@H]1CC[C@H]1N.Cl. The van der Waals surface area contributed by atoms with Crippen molar-refractivity contribution in [2.24, 2.45) is 11.7 Å². The van der Waals surface area contributed by atoms with E-state index < -0.39 is 0 Å². The van der Waals surface area contributed by atoms with Crippen molar-refractivity contribution < 1.29 is 0 Å². The standard InChI is InChI=1S/C5H11N.ClH/c1-4-2-3-5(4)6;/h4-5H,2-3,6H2,1H3;1H/t4-,5-;/m1./s1. The zero-order valence-corrected chi connectivity index (χ0v) is 5.37. The Balaban J connectivity index is 0.000000360. The van der Waals surface area contributed by atoms with Gasteiger partial charge in [-0.1, -0.05) is 6.92 Å². The zero-order valence-electron chi connectivity index (χ0n) is 4.55. The molecule has 0 heterocycles. The Kier molecular flexibility index (Phi) is 2.62. The van der Waals surface area contributed by atoms with E-state index in [9.17, 15) is 0 Å². The maximum atomic E-state index is 5.52. The van der Waals surface area contributed by atoms with Crippen LogP contribution in [0.3, 0.4) is 0 Å². The molecule has 2 heteroatoms. The van der Waals surface area contributed by atoms with E-state index in [1.165, 1.54) is 12.8 Å². The highest BCUT2D eigenvalue weighted by Crippen LogP contribution is 2.23. The number of rotatable bonds is 0. The third-order valence-corrected chi connectivity index (χ3v) is 1.69. The number of hydrogen-bond donors (Lipinski definition) is 1. The van der Waals surface area contributed by atoms with Crippen molar-refractivity contribution in [2.75, 3.05) is 0 Å². The van der Waals surface area contributed by atoms with Crippen LogP contribution in [-0.2, 0) is 0 Å². The summed E-state index contributed by atoms with van der Waals surface area (Å²) < 4.78 is 0. The summed E-state index contributed by atoms with van der Waals surface area (Å²) in [5.41, 5.74) is 5.52. The molecule has 0 amide bonds. The van der Waals surface area contributed by atoms with Gasteiger partial charge in [0.2, 0.25) is 0 Å². The van der Waals surface area contributed by atoms with Gasteiger partial charge in [0, 0.05) is 6.04 Å². The van der Waals surface area contributed by atoms with E-state index in [2.05, 4.69) is 6.92 Å². The lowest BCUT2D eigenvalue weighted by Crippen LogP contribution is -2.37. The second kappa shape index (κ2) is 2.53. The molecule has 2 N–H and O–H groups in total. The summed E-state index contributed by atoms with van der Waals surface area (Å²) in [7, 11) is 0. The summed E-state index contributed by atoms with van der Waals surface area (Å²) >= 11 is 0. The van der Waals surface area contributed by atoms with Crippen LogP contribution in [0, 0.1) is 5.92 Å². The first kappa shape index (κ1) is 7.25. The molecule has 1 rings (SSSR count). The van der Waals surface area contributed by atoms with Crippen molar-refractivity contribution >= 4 is 12.4 Å². The Morgan fingerprint density at radius 1 is 1.43 bits per heavy atom. The van der Waals surface area contributed by atoms with Gasteiger partial charge in [-0.15, -0.1) is 12.4 Å². The van der Waals surface area contributed by atoms with Crippen molar-refractivity contribution in [2.45, 2.75) is 25.8 Å². The van der Waals surface area contributed by atoms with E-state index in [1.807, 2.05) is 0 Å². The Morgan fingerprint density at radius 3 is 1.86 bits per heavy atom. The molecule has 7 heavy (non-hydrogen) atoms. The van der Waals surface area contributed by atoms with Gasteiger partial charge in [-0.2, -0.15) is 0 Å². The number of hydrogen-bond acceptors (Lipinski definition) is 1. The predicted molar refractivity (Wildman–Crippen MR) is 33.6 cm³/mol. The maximum Gasteiger partial charge on any atom is 0.00646 e. The minimum Gasteiger partial charge on any atom is -0.327 e. The molecule has 2 atom stereocenters. The summed E-state index contributed by atoms with van der Waals surface area (Å²) in [5, 5.41) is 0. The Labute approximate surface area is 50.7 Å². The number of halogens is 1. The van der Waals surface area contributed by atoms with Crippen LogP contribution in [0.15, 0.2) is 0 Å². The zero-order chi connectivity index (χ0) is 4.57. The monoisotopic (exact) mass is 121 g/mol. The van der Waals surface area contributed by atoms with Gasteiger partial charge in [0.15, 0.2) is 0 Å². The Bertz CT molecular complexity index is 48.0. The molecule has 0 saturated heterocycles. The molecule has 0 aromatic rings. The van der Waals surface area contributed by atoms with Crippen LogP contribution >= 0.6 is 12.4 Å². The normalized spacial score (nSPS) is 38.6. The van der Waals surface area contributed by atoms with Crippen LogP contribution < -0.4 is 5.73 Å². The minimum absolute atomic E-state index is 0. The summed E-state index contributed by atoms with van der Waals surface area (Å²) in [6.07, 6.45) is 2.60.